The average molecular weight is 304 g/mol. The first-order valence-electron chi connectivity index (χ1n) is 5.34. The highest BCUT2D eigenvalue weighted by Crippen LogP contribution is 2.25. The van der Waals surface area contributed by atoms with Crippen molar-refractivity contribution >= 4 is 27.5 Å². The van der Waals surface area contributed by atoms with Crippen molar-refractivity contribution in [1.82, 2.24) is 5.43 Å². The number of hydrogen-bond acceptors (Lipinski definition) is 3. The topological polar surface area (TPSA) is 67.2 Å². The van der Waals surface area contributed by atoms with E-state index in [4.69, 9.17) is 5.84 Å². The lowest BCUT2D eigenvalue weighted by Gasteiger charge is -2.12. The Balaban J connectivity index is 3.03. The highest BCUT2D eigenvalue weighted by atomic mass is 79.9. The summed E-state index contributed by atoms with van der Waals surface area (Å²) in [7, 11) is 0. The number of anilines is 1. The molecule has 1 aromatic carbocycles. The Bertz CT molecular complexity index is 412. The zero-order chi connectivity index (χ0) is 12.8. The summed E-state index contributed by atoms with van der Waals surface area (Å²) in [5.74, 6) is 4.06. The van der Waals surface area contributed by atoms with Crippen molar-refractivity contribution < 1.29 is 9.18 Å². The zero-order valence-electron chi connectivity index (χ0n) is 9.52. The summed E-state index contributed by atoms with van der Waals surface area (Å²) in [5.41, 5.74) is 2.38. The fourth-order valence-corrected chi connectivity index (χ4v) is 1.83. The minimum absolute atomic E-state index is 0.185. The smallest absolute Gasteiger partial charge is 0.267 e. The molecule has 0 radical (unpaired) electrons. The number of benzene rings is 1. The van der Waals surface area contributed by atoms with Crippen LogP contribution in [0.2, 0.25) is 0 Å². The molecule has 94 valence electrons. The Morgan fingerprint density at radius 1 is 1.53 bits per heavy atom. The van der Waals surface area contributed by atoms with E-state index in [-0.39, 0.29) is 11.3 Å². The van der Waals surface area contributed by atoms with Crippen LogP contribution in [-0.4, -0.2) is 12.5 Å². The van der Waals surface area contributed by atoms with Crippen molar-refractivity contribution in [1.29, 1.82) is 0 Å². The largest absolute Gasteiger partial charge is 0.382 e. The van der Waals surface area contributed by atoms with Crippen LogP contribution in [0.15, 0.2) is 16.6 Å². The highest BCUT2D eigenvalue weighted by molar-refractivity contribution is 9.10. The lowest BCUT2D eigenvalue weighted by molar-refractivity contribution is 0.0954. The van der Waals surface area contributed by atoms with Crippen LogP contribution in [0, 0.1) is 5.82 Å². The molecule has 0 aliphatic rings. The van der Waals surface area contributed by atoms with E-state index in [0.717, 1.165) is 12.8 Å². The van der Waals surface area contributed by atoms with Crippen molar-refractivity contribution in [2.75, 3.05) is 11.9 Å². The molecule has 0 unspecified atom stereocenters. The summed E-state index contributed by atoms with van der Waals surface area (Å²) in [4.78, 5) is 11.5. The lowest BCUT2D eigenvalue weighted by Crippen LogP contribution is -2.31. The average Bonchev–Trinajstić information content (AvgIpc) is 2.30. The molecule has 4 N–H and O–H groups in total. The maximum absolute atomic E-state index is 13.7. The molecule has 6 heteroatoms. The van der Waals surface area contributed by atoms with Gasteiger partial charge in [0.05, 0.1) is 11.3 Å². The molecule has 0 bridgehead atoms. The van der Waals surface area contributed by atoms with Crippen molar-refractivity contribution in [2.45, 2.75) is 19.8 Å². The number of nitrogens with two attached hydrogens (primary N) is 1. The van der Waals surface area contributed by atoms with Crippen LogP contribution in [-0.2, 0) is 0 Å². The number of amides is 1. The molecular formula is C11H15BrFN3O. The molecule has 1 rings (SSSR count). The van der Waals surface area contributed by atoms with Gasteiger partial charge >= 0.3 is 0 Å². The second kappa shape index (κ2) is 6.56. The number of hydrogen-bond donors (Lipinski definition) is 3. The molecule has 0 aliphatic heterocycles. The third-order valence-corrected chi connectivity index (χ3v) is 2.72. The van der Waals surface area contributed by atoms with Crippen molar-refractivity contribution in [2.24, 2.45) is 5.84 Å². The molecule has 0 atom stereocenters. The van der Waals surface area contributed by atoms with Crippen LogP contribution in [0.25, 0.3) is 0 Å². The fourth-order valence-electron chi connectivity index (χ4n) is 1.40. The Morgan fingerprint density at radius 2 is 2.24 bits per heavy atom. The molecular weight excluding hydrogens is 289 g/mol. The molecule has 4 nitrogen and oxygen atoms in total. The van der Waals surface area contributed by atoms with Crippen molar-refractivity contribution in [3.63, 3.8) is 0 Å². The molecule has 0 saturated carbocycles. The minimum Gasteiger partial charge on any atom is -0.382 e. The number of hydrazine groups is 1. The fraction of sp³-hybridized carbons (Fsp3) is 0.364. The summed E-state index contributed by atoms with van der Waals surface area (Å²) in [5, 5.41) is 2.91. The third kappa shape index (κ3) is 3.67. The Kier molecular flexibility index (Phi) is 5.37. The summed E-state index contributed by atoms with van der Waals surface area (Å²) in [6, 6.07) is 2.83. The van der Waals surface area contributed by atoms with E-state index in [2.05, 4.69) is 21.2 Å². The van der Waals surface area contributed by atoms with Gasteiger partial charge in [0.1, 0.15) is 5.82 Å². The van der Waals surface area contributed by atoms with E-state index in [1.54, 1.807) is 0 Å². The molecule has 17 heavy (non-hydrogen) atoms. The zero-order valence-corrected chi connectivity index (χ0v) is 11.1. The minimum atomic E-state index is -0.524. The summed E-state index contributed by atoms with van der Waals surface area (Å²) < 4.78 is 14.2. The highest BCUT2D eigenvalue weighted by Gasteiger charge is 2.15. The van der Waals surface area contributed by atoms with Crippen LogP contribution < -0.4 is 16.6 Å². The van der Waals surface area contributed by atoms with Crippen molar-refractivity contribution in [3.8, 4) is 0 Å². The van der Waals surface area contributed by atoms with E-state index >= 15 is 0 Å². The van der Waals surface area contributed by atoms with Gasteiger partial charge in [-0.25, -0.2) is 10.2 Å². The van der Waals surface area contributed by atoms with Crippen LogP contribution >= 0.6 is 15.9 Å². The van der Waals surface area contributed by atoms with Crippen LogP contribution in [0.5, 0.6) is 0 Å². The van der Waals surface area contributed by atoms with Gasteiger partial charge < -0.3 is 5.32 Å². The molecule has 0 fully saturated rings. The van der Waals surface area contributed by atoms with E-state index in [0.29, 0.717) is 11.0 Å². The first-order chi connectivity index (χ1) is 8.10. The quantitative estimate of drug-likeness (QED) is 0.339. The lowest BCUT2D eigenvalue weighted by atomic mass is 10.1. The van der Waals surface area contributed by atoms with E-state index in [1.807, 2.05) is 12.3 Å². The van der Waals surface area contributed by atoms with E-state index < -0.39 is 11.7 Å². The number of nitrogens with one attached hydrogen (secondary N) is 2. The maximum atomic E-state index is 13.7. The number of halogens is 2. The van der Waals surface area contributed by atoms with E-state index in [9.17, 15) is 9.18 Å². The van der Waals surface area contributed by atoms with Crippen molar-refractivity contribution in [3.05, 3.63) is 28.0 Å². The molecule has 1 amide bonds. The summed E-state index contributed by atoms with van der Waals surface area (Å²) in [6.07, 6.45) is 1.89. The first-order valence-corrected chi connectivity index (χ1v) is 6.13. The van der Waals surface area contributed by atoms with Crippen LogP contribution in [0.1, 0.15) is 30.1 Å². The molecule has 1 aromatic rings. The van der Waals surface area contributed by atoms with Gasteiger partial charge in [-0.15, -0.1) is 0 Å². The van der Waals surface area contributed by atoms with Gasteiger partial charge in [0, 0.05) is 11.0 Å². The number of unbranched alkanes of at least 4 members (excludes halogenated alkanes) is 1. The Morgan fingerprint density at radius 3 is 2.82 bits per heavy atom. The Labute approximate surface area is 108 Å². The van der Waals surface area contributed by atoms with Gasteiger partial charge in [-0.2, -0.15) is 0 Å². The maximum Gasteiger partial charge on any atom is 0.267 e. The summed E-state index contributed by atoms with van der Waals surface area (Å²) >= 11 is 3.14. The monoisotopic (exact) mass is 303 g/mol. The number of rotatable bonds is 5. The summed E-state index contributed by atoms with van der Waals surface area (Å²) in [6.45, 7) is 2.65. The van der Waals surface area contributed by atoms with Crippen LogP contribution in [0.3, 0.4) is 0 Å². The third-order valence-electron chi connectivity index (χ3n) is 2.26. The number of carbonyl (C=O) groups excluding carboxylic acids is 1. The second-order valence-corrected chi connectivity index (χ2v) is 4.48. The molecule has 0 heterocycles. The molecule has 0 aliphatic carbocycles. The number of nitrogen functional groups attached to an aromatic ring is 1. The van der Waals surface area contributed by atoms with Gasteiger partial charge in [0.25, 0.3) is 5.91 Å². The van der Waals surface area contributed by atoms with Gasteiger partial charge in [-0.3, -0.25) is 10.2 Å². The normalized spacial score (nSPS) is 10.1. The molecule has 0 spiro atoms. The van der Waals surface area contributed by atoms with Gasteiger partial charge in [0.2, 0.25) is 0 Å². The van der Waals surface area contributed by atoms with Gasteiger partial charge in [-0.05, 0) is 18.6 Å². The molecule has 0 aromatic heterocycles. The Hall–Kier alpha value is -1.14. The SMILES string of the molecule is CCCCNc1c(F)cc(Br)cc1C(=O)NN. The van der Waals surface area contributed by atoms with E-state index in [1.165, 1.54) is 12.1 Å². The second-order valence-electron chi connectivity index (χ2n) is 3.56. The predicted molar refractivity (Wildman–Crippen MR) is 69.2 cm³/mol. The predicted octanol–water partition coefficient (Wildman–Crippen LogP) is 2.40. The standard InChI is InChI=1S/C11H15BrFN3O/c1-2-3-4-15-10-8(11(17)16-14)5-7(12)6-9(10)13/h5-6,15H,2-4,14H2,1H3,(H,16,17). The van der Waals surface area contributed by atoms with Crippen LogP contribution in [0.4, 0.5) is 10.1 Å². The van der Waals surface area contributed by atoms with Gasteiger partial charge in [0.15, 0.2) is 0 Å². The first kappa shape index (κ1) is 13.9. The van der Waals surface area contributed by atoms with Gasteiger partial charge in [-0.1, -0.05) is 29.3 Å². The molecule has 0 saturated heterocycles. The number of carbonyl (C=O) groups is 1.